The van der Waals surface area contributed by atoms with Crippen LogP contribution < -0.4 is 17.1 Å². The van der Waals surface area contributed by atoms with E-state index in [9.17, 15) is 0 Å². The summed E-state index contributed by atoms with van der Waals surface area (Å²) < 4.78 is 0. The summed E-state index contributed by atoms with van der Waals surface area (Å²) >= 11 is 0. The van der Waals surface area contributed by atoms with E-state index in [0.29, 0.717) is 0 Å². The number of hydrogen-bond acceptors (Lipinski definition) is 5. The number of hydrazone groups is 1. The van der Waals surface area contributed by atoms with Gasteiger partial charge in [-0.25, -0.2) is 0 Å². The minimum Gasteiger partial charge on any atom is -0.331 e. The van der Waals surface area contributed by atoms with Crippen LogP contribution in [0.2, 0.25) is 0 Å². The zero-order valence-corrected chi connectivity index (χ0v) is 7.51. The molecule has 1 aliphatic rings. The minimum absolute atomic E-state index is 0.212. The summed E-state index contributed by atoms with van der Waals surface area (Å²) in [5, 5.41) is 3.41. The first kappa shape index (κ1) is 10.0. The summed E-state index contributed by atoms with van der Waals surface area (Å²) in [5.41, 5.74) is 3.97. The summed E-state index contributed by atoms with van der Waals surface area (Å²) in [6.45, 7) is 0. The Morgan fingerprint density at radius 3 is 3.07 bits per heavy atom. The summed E-state index contributed by atoms with van der Waals surface area (Å²) in [6.07, 6.45) is 11.7. The molecule has 0 radical (unpaired) electrons. The lowest BCUT2D eigenvalue weighted by Crippen LogP contribution is -2.19. The second kappa shape index (κ2) is 4.84. The quantitative estimate of drug-likeness (QED) is 0.237. The molecule has 1 aliphatic heterocycles. The zero-order chi connectivity index (χ0) is 10.4. The van der Waals surface area contributed by atoms with Crippen molar-refractivity contribution in [2.24, 2.45) is 27.7 Å². The standard InChI is InChI=1S/C9H11N5/c1-2-9-7(5-13-10)3-12-4-8(9)6-14-11/h1,3-6,9,13H,10-11H2/b7-5-,14-6+. The molecule has 0 bridgehead atoms. The minimum atomic E-state index is -0.212. The van der Waals surface area contributed by atoms with Crippen molar-refractivity contribution in [1.82, 2.24) is 5.43 Å². The molecule has 1 unspecified atom stereocenters. The highest BCUT2D eigenvalue weighted by molar-refractivity contribution is 5.90. The fourth-order valence-electron chi connectivity index (χ4n) is 1.15. The van der Waals surface area contributed by atoms with Gasteiger partial charge in [-0.3, -0.25) is 10.8 Å². The average Bonchev–Trinajstić information content (AvgIpc) is 2.19. The van der Waals surface area contributed by atoms with E-state index < -0.39 is 0 Å². The van der Waals surface area contributed by atoms with Crippen molar-refractivity contribution in [3.05, 3.63) is 23.5 Å². The van der Waals surface area contributed by atoms with E-state index in [1.54, 1.807) is 18.6 Å². The summed E-state index contributed by atoms with van der Waals surface area (Å²) in [5.74, 6) is 12.6. The number of hydrogen-bond donors (Lipinski definition) is 3. The first-order valence-corrected chi connectivity index (χ1v) is 3.92. The number of nitrogens with zero attached hydrogens (tertiary/aromatic N) is 2. The maximum absolute atomic E-state index is 5.38. The molecule has 1 rings (SSSR count). The molecule has 0 amide bonds. The molecule has 1 heterocycles. The van der Waals surface area contributed by atoms with Crippen molar-refractivity contribution in [2.45, 2.75) is 0 Å². The molecule has 0 aliphatic carbocycles. The molecule has 5 nitrogen and oxygen atoms in total. The number of rotatable bonds is 2. The van der Waals surface area contributed by atoms with Crippen LogP contribution in [0.15, 0.2) is 33.6 Å². The Hall–Kier alpha value is -2.06. The highest BCUT2D eigenvalue weighted by Gasteiger charge is 2.16. The van der Waals surface area contributed by atoms with Gasteiger partial charge in [-0.2, -0.15) is 5.10 Å². The van der Waals surface area contributed by atoms with Gasteiger partial charge in [0.25, 0.3) is 0 Å². The van der Waals surface area contributed by atoms with E-state index in [-0.39, 0.29) is 5.92 Å². The summed E-state index contributed by atoms with van der Waals surface area (Å²) in [6, 6.07) is 0. The van der Waals surface area contributed by atoms with E-state index in [1.165, 1.54) is 6.21 Å². The Balaban J connectivity index is 3.00. The number of nitrogens with two attached hydrogens (primary N) is 2. The molecule has 0 fully saturated rings. The van der Waals surface area contributed by atoms with Crippen LogP contribution in [0.25, 0.3) is 0 Å². The van der Waals surface area contributed by atoms with Crippen molar-refractivity contribution < 1.29 is 0 Å². The van der Waals surface area contributed by atoms with Crippen LogP contribution in [0.4, 0.5) is 0 Å². The van der Waals surface area contributed by atoms with Crippen LogP contribution in [0.1, 0.15) is 0 Å². The Labute approximate surface area is 82.2 Å². The maximum atomic E-state index is 5.38. The van der Waals surface area contributed by atoms with Crippen LogP contribution >= 0.6 is 0 Å². The highest BCUT2D eigenvalue weighted by Crippen LogP contribution is 2.20. The lowest BCUT2D eigenvalue weighted by atomic mass is 9.92. The summed E-state index contributed by atoms with van der Waals surface area (Å²) in [7, 11) is 0. The Bertz CT molecular complexity index is 356. The molecule has 1 atom stereocenters. The SMILES string of the molecule is C#CC1C(/C=N/N)=CN=C/C1=C/NN. The van der Waals surface area contributed by atoms with Gasteiger partial charge in [0.15, 0.2) is 0 Å². The third-order valence-electron chi connectivity index (χ3n) is 1.75. The predicted octanol–water partition coefficient (Wildman–Crippen LogP) is -0.504. The smallest absolute Gasteiger partial charge is 0.0760 e. The van der Waals surface area contributed by atoms with Crippen molar-refractivity contribution in [3.63, 3.8) is 0 Å². The van der Waals surface area contributed by atoms with Crippen molar-refractivity contribution in [1.29, 1.82) is 0 Å². The second-order valence-corrected chi connectivity index (χ2v) is 2.60. The van der Waals surface area contributed by atoms with Crippen molar-refractivity contribution in [2.75, 3.05) is 0 Å². The molecule has 0 aromatic carbocycles. The van der Waals surface area contributed by atoms with E-state index in [1.807, 2.05) is 0 Å². The lowest BCUT2D eigenvalue weighted by molar-refractivity contribution is 0.917. The number of terminal acetylenes is 1. The van der Waals surface area contributed by atoms with Gasteiger partial charge in [0.1, 0.15) is 0 Å². The average molecular weight is 189 g/mol. The Morgan fingerprint density at radius 2 is 2.50 bits per heavy atom. The van der Waals surface area contributed by atoms with Gasteiger partial charge in [0, 0.05) is 29.8 Å². The monoisotopic (exact) mass is 189 g/mol. The molecular formula is C9H11N5. The van der Waals surface area contributed by atoms with Crippen molar-refractivity contribution >= 4 is 12.4 Å². The normalized spacial score (nSPS) is 23.6. The topological polar surface area (TPSA) is 88.8 Å². The van der Waals surface area contributed by atoms with E-state index >= 15 is 0 Å². The van der Waals surface area contributed by atoms with E-state index in [2.05, 4.69) is 21.4 Å². The number of aliphatic imine (C=N–C) groups is 1. The molecule has 0 saturated carbocycles. The Kier molecular flexibility index (Phi) is 3.47. The molecule has 72 valence electrons. The van der Waals surface area contributed by atoms with E-state index in [4.69, 9.17) is 18.1 Å². The fraction of sp³-hybridized carbons (Fsp3) is 0.111. The van der Waals surface area contributed by atoms with Gasteiger partial charge in [-0.15, -0.1) is 6.42 Å². The predicted molar refractivity (Wildman–Crippen MR) is 57.0 cm³/mol. The number of nitrogens with one attached hydrogen (secondary N) is 1. The molecular weight excluding hydrogens is 178 g/mol. The lowest BCUT2D eigenvalue weighted by Gasteiger charge is -2.14. The van der Waals surface area contributed by atoms with Gasteiger partial charge in [0.05, 0.1) is 12.1 Å². The molecule has 5 heteroatoms. The fourth-order valence-corrected chi connectivity index (χ4v) is 1.15. The molecule has 0 aromatic rings. The largest absolute Gasteiger partial charge is 0.331 e. The third-order valence-corrected chi connectivity index (χ3v) is 1.75. The van der Waals surface area contributed by atoms with Crippen molar-refractivity contribution in [3.8, 4) is 12.3 Å². The summed E-state index contributed by atoms with van der Waals surface area (Å²) in [4.78, 5) is 3.98. The van der Waals surface area contributed by atoms with Crippen LogP contribution in [0, 0.1) is 18.3 Å². The van der Waals surface area contributed by atoms with Crippen LogP contribution in [0.5, 0.6) is 0 Å². The Morgan fingerprint density at radius 1 is 1.71 bits per heavy atom. The number of allylic oxidation sites excluding steroid dienone is 2. The van der Waals surface area contributed by atoms with Gasteiger partial charge in [-0.05, 0) is 0 Å². The molecule has 0 saturated heterocycles. The van der Waals surface area contributed by atoms with E-state index in [0.717, 1.165) is 11.1 Å². The first-order chi connectivity index (χ1) is 6.83. The van der Waals surface area contributed by atoms with Gasteiger partial charge in [-0.1, -0.05) is 5.92 Å². The third kappa shape index (κ3) is 2.00. The highest BCUT2D eigenvalue weighted by atomic mass is 15.2. The van der Waals surface area contributed by atoms with Gasteiger partial charge >= 0.3 is 0 Å². The van der Waals surface area contributed by atoms with Gasteiger partial charge in [0.2, 0.25) is 0 Å². The molecule has 5 N–H and O–H groups in total. The van der Waals surface area contributed by atoms with Gasteiger partial charge < -0.3 is 11.3 Å². The zero-order valence-electron chi connectivity index (χ0n) is 7.51. The molecule has 0 spiro atoms. The van der Waals surface area contributed by atoms with Crippen LogP contribution in [-0.4, -0.2) is 12.4 Å². The molecule has 0 aromatic heterocycles. The number of hydrazine groups is 1. The van der Waals surface area contributed by atoms with Crippen LogP contribution in [-0.2, 0) is 0 Å². The maximum Gasteiger partial charge on any atom is 0.0760 e. The molecule has 14 heavy (non-hydrogen) atoms. The second-order valence-electron chi connectivity index (χ2n) is 2.60. The van der Waals surface area contributed by atoms with Crippen LogP contribution in [0.3, 0.4) is 0 Å². The first-order valence-electron chi connectivity index (χ1n) is 3.92.